The molecule has 6 heteroatoms. The zero-order valence-electron chi connectivity index (χ0n) is 11.7. The number of methoxy groups -OCH3 is 1. The Balaban J connectivity index is 2.99. The van der Waals surface area contributed by atoms with E-state index >= 15 is 0 Å². The number of rotatable bonds is 5. The van der Waals surface area contributed by atoms with Crippen LogP contribution in [0.25, 0.3) is 0 Å². The third-order valence-electron chi connectivity index (χ3n) is 2.97. The number of phenolic OH excluding ortho intramolecular Hbond substituents is 1. The first-order chi connectivity index (χ1) is 9.34. The van der Waals surface area contributed by atoms with Gasteiger partial charge in [0.1, 0.15) is 17.1 Å². The predicted octanol–water partition coefficient (Wildman–Crippen LogP) is 1.99. The van der Waals surface area contributed by atoms with Crippen LogP contribution in [0.1, 0.15) is 37.0 Å². The number of nitrogens with one attached hydrogen (secondary N) is 1. The topological polar surface area (TPSA) is 75.6 Å². The van der Waals surface area contributed by atoms with Crippen molar-refractivity contribution in [3.05, 3.63) is 29.6 Å². The maximum Gasteiger partial charge on any atom is 0.331 e. The first kappa shape index (κ1) is 15.9. The fourth-order valence-corrected chi connectivity index (χ4v) is 1.95. The lowest BCUT2D eigenvalue weighted by Gasteiger charge is -2.27. The standard InChI is InChI=1S/C14H18FNO4/c1-4-7-14(2,13(19)20-3)16-12(18)10-6-5-9(17)8-11(10)15/h5-6,8,17H,4,7H2,1-3H3,(H,16,18). The number of halogens is 1. The highest BCUT2D eigenvalue weighted by molar-refractivity contribution is 5.98. The van der Waals surface area contributed by atoms with Gasteiger partial charge in [-0.05, 0) is 25.5 Å². The second-order valence-corrected chi connectivity index (χ2v) is 4.69. The number of hydrogen-bond donors (Lipinski definition) is 2. The smallest absolute Gasteiger partial charge is 0.331 e. The Labute approximate surface area is 116 Å². The van der Waals surface area contributed by atoms with E-state index in [1.807, 2.05) is 6.92 Å². The molecule has 0 aliphatic carbocycles. The van der Waals surface area contributed by atoms with E-state index in [2.05, 4.69) is 10.1 Å². The molecule has 0 saturated heterocycles. The van der Waals surface area contributed by atoms with Crippen LogP contribution >= 0.6 is 0 Å². The lowest BCUT2D eigenvalue weighted by atomic mass is 9.95. The first-order valence-electron chi connectivity index (χ1n) is 6.23. The molecule has 2 N–H and O–H groups in total. The second-order valence-electron chi connectivity index (χ2n) is 4.69. The van der Waals surface area contributed by atoms with E-state index in [1.165, 1.54) is 20.1 Å². The zero-order chi connectivity index (χ0) is 15.3. The molecule has 0 fully saturated rings. The van der Waals surface area contributed by atoms with Crippen LogP contribution in [-0.4, -0.2) is 29.6 Å². The third kappa shape index (κ3) is 3.46. The second kappa shape index (κ2) is 6.36. The fraction of sp³-hybridized carbons (Fsp3) is 0.429. The third-order valence-corrected chi connectivity index (χ3v) is 2.97. The molecular weight excluding hydrogens is 265 g/mol. The Morgan fingerprint density at radius 2 is 2.10 bits per heavy atom. The Morgan fingerprint density at radius 1 is 1.45 bits per heavy atom. The molecule has 0 aliphatic rings. The van der Waals surface area contributed by atoms with Gasteiger partial charge in [0.2, 0.25) is 0 Å². The average molecular weight is 283 g/mol. The minimum Gasteiger partial charge on any atom is -0.508 e. The molecule has 20 heavy (non-hydrogen) atoms. The number of carbonyl (C=O) groups is 2. The molecule has 0 aliphatic heterocycles. The molecular formula is C14H18FNO4. The van der Waals surface area contributed by atoms with E-state index in [1.54, 1.807) is 0 Å². The molecule has 1 unspecified atom stereocenters. The van der Waals surface area contributed by atoms with E-state index in [0.29, 0.717) is 12.8 Å². The number of phenols is 1. The van der Waals surface area contributed by atoms with E-state index in [4.69, 9.17) is 5.11 Å². The molecule has 1 aromatic rings. The SMILES string of the molecule is CCCC(C)(NC(=O)c1ccc(O)cc1F)C(=O)OC. The summed E-state index contributed by atoms with van der Waals surface area (Å²) in [7, 11) is 1.23. The summed E-state index contributed by atoms with van der Waals surface area (Å²) >= 11 is 0. The number of amides is 1. The molecule has 1 aromatic carbocycles. The summed E-state index contributed by atoms with van der Waals surface area (Å²) in [5.74, 6) is -2.45. The molecule has 0 bridgehead atoms. The van der Waals surface area contributed by atoms with Gasteiger partial charge in [-0.1, -0.05) is 13.3 Å². The van der Waals surface area contributed by atoms with Crippen LogP contribution in [0.4, 0.5) is 4.39 Å². The van der Waals surface area contributed by atoms with Crippen LogP contribution in [0.5, 0.6) is 5.75 Å². The monoisotopic (exact) mass is 283 g/mol. The molecule has 0 radical (unpaired) electrons. The fourth-order valence-electron chi connectivity index (χ4n) is 1.95. The van der Waals surface area contributed by atoms with Crippen molar-refractivity contribution in [1.82, 2.24) is 5.32 Å². The Hall–Kier alpha value is -2.11. The Bertz CT molecular complexity index is 518. The highest BCUT2D eigenvalue weighted by atomic mass is 19.1. The van der Waals surface area contributed by atoms with E-state index in [9.17, 15) is 14.0 Å². The molecule has 1 atom stereocenters. The molecule has 1 rings (SSSR count). The molecule has 1 amide bonds. The van der Waals surface area contributed by atoms with Crippen molar-refractivity contribution >= 4 is 11.9 Å². The largest absolute Gasteiger partial charge is 0.508 e. The van der Waals surface area contributed by atoms with Gasteiger partial charge in [-0.25, -0.2) is 9.18 Å². The van der Waals surface area contributed by atoms with Crippen LogP contribution < -0.4 is 5.32 Å². The van der Waals surface area contributed by atoms with Crippen molar-refractivity contribution in [2.24, 2.45) is 0 Å². The summed E-state index contributed by atoms with van der Waals surface area (Å²) < 4.78 is 18.3. The zero-order valence-corrected chi connectivity index (χ0v) is 11.7. The van der Waals surface area contributed by atoms with Gasteiger partial charge in [0.15, 0.2) is 0 Å². The van der Waals surface area contributed by atoms with Gasteiger partial charge in [-0.2, -0.15) is 0 Å². The van der Waals surface area contributed by atoms with Crippen LogP contribution in [0, 0.1) is 5.82 Å². The number of benzene rings is 1. The number of hydrogen-bond acceptors (Lipinski definition) is 4. The minimum absolute atomic E-state index is 0.242. The van der Waals surface area contributed by atoms with Gasteiger partial charge in [0.05, 0.1) is 12.7 Å². The van der Waals surface area contributed by atoms with Crippen LogP contribution in [-0.2, 0) is 9.53 Å². The van der Waals surface area contributed by atoms with E-state index in [-0.39, 0.29) is 11.3 Å². The van der Waals surface area contributed by atoms with Gasteiger partial charge in [-0.3, -0.25) is 4.79 Å². The molecule has 110 valence electrons. The number of ether oxygens (including phenoxy) is 1. The maximum atomic E-state index is 13.6. The van der Waals surface area contributed by atoms with Crippen molar-refractivity contribution in [3.63, 3.8) is 0 Å². The molecule has 0 spiro atoms. The van der Waals surface area contributed by atoms with Gasteiger partial charge >= 0.3 is 5.97 Å². The van der Waals surface area contributed by atoms with E-state index in [0.717, 1.165) is 12.1 Å². The van der Waals surface area contributed by atoms with Crippen LogP contribution in [0.15, 0.2) is 18.2 Å². The summed E-state index contributed by atoms with van der Waals surface area (Å²) in [6.07, 6.45) is 1.01. The lowest BCUT2D eigenvalue weighted by Crippen LogP contribution is -2.52. The summed E-state index contributed by atoms with van der Waals surface area (Å²) in [5.41, 5.74) is -1.46. The highest BCUT2D eigenvalue weighted by Gasteiger charge is 2.35. The van der Waals surface area contributed by atoms with Crippen LogP contribution in [0.2, 0.25) is 0 Å². The molecule has 5 nitrogen and oxygen atoms in total. The Kier molecular flexibility index (Phi) is 5.07. The van der Waals surface area contributed by atoms with Crippen molar-refractivity contribution < 1.29 is 23.8 Å². The number of carbonyl (C=O) groups excluding carboxylic acids is 2. The molecule has 0 saturated carbocycles. The normalized spacial score (nSPS) is 13.4. The van der Waals surface area contributed by atoms with Crippen LogP contribution in [0.3, 0.4) is 0 Å². The summed E-state index contributed by atoms with van der Waals surface area (Å²) in [6.45, 7) is 3.38. The van der Waals surface area contributed by atoms with Gasteiger partial charge in [-0.15, -0.1) is 0 Å². The quantitative estimate of drug-likeness (QED) is 0.810. The summed E-state index contributed by atoms with van der Waals surface area (Å²) in [6, 6.07) is 3.20. The van der Waals surface area contributed by atoms with Crippen molar-refractivity contribution in [2.45, 2.75) is 32.2 Å². The first-order valence-corrected chi connectivity index (χ1v) is 6.23. The van der Waals surface area contributed by atoms with Gasteiger partial charge < -0.3 is 15.2 Å². The number of aromatic hydroxyl groups is 1. The van der Waals surface area contributed by atoms with Crippen molar-refractivity contribution in [3.8, 4) is 5.75 Å². The lowest BCUT2D eigenvalue weighted by molar-refractivity contribution is -0.147. The highest BCUT2D eigenvalue weighted by Crippen LogP contribution is 2.18. The maximum absolute atomic E-state index is 13.6. The molecule has 0 aromatic heterocycles. The van der Waals surface area contributed by atoms with Crippen molar-refractivity contribution in [1.29, 1.82) is 0 Å². The van der Waals surface area contributed by atoms with Gasteiger partial charge in [0.25, 0.3) is 5.91 Å². The van der Waals surface area contributed by atoms with Crippen molar-refractivity contribution in [2.75, 3.05) is 7.11 Å². The molecule has 0 heterocycles. The average Bonchev–Trinajstić information content (AvgIpc) is 2.37. The summed E-state index contributed by atoms with van der Waals surface area (Å²) in [4.78, 5) is 23.8. The summed E-state index contributed by atoms with van der Waals surface area (Å²) in [5, 5.41) is 11.6. The Morgan fingerprint density at radius 3 is 2.60 bits per heavy atom. The predicted molar refractivity (Wildman–Crippen MR) is 70.9 cm³/mol. The van der Waals surface area contributed by atoms with Gasteiger partial charge in [0, 0.05) is 6.07 Å². The van der Waals surface area contributed by atoms with E-state index < -0.39 is 23.2 Å². The number of esters is 1. The minimum atomic E-state index is -1.22.